The van der Waals surface area contributed by atoms with Crippen LogP contribution in [-0.4, -0.2) is 97.2 Å². The van der Waals surface area contributed by atoms with E-state index in [1.165, 1.54) is 18.2 Å². The van der Waals surface area contributed by atoms with Crippen molar-refractivity contribution >= 4 is 66.3 Å². The molecule has 1 unspecified atom stereocenters. The third-order valence-electron chi connectivity index (χ3n) is 11.9. The predicted molar refractivity (Wildman–Crippen MR) is 240 cm³/mol. The van der Waals surface area contributed by atoms with E-state index in [-0.39, 0.29) is 56.0 Å². The van der Waals surface area contributed by atoms with Crippen molar-refractivity contribution in [2.75, 3.05) is 37.5 Å². The molecule has 0 spiro atoms. The highest BCUT2D eigenvalue weighted by atomic mass is 32.2. The quantitative estimate of drug-likeness (QED) is 0.0735. The molecule has 2 aromatic carbocycles. The number of amides is 2. The Labute approximate surface area is 375 Å². The van der Waals surface area contributed by atoms with Crippen LogP contribution in [0.25, 0.3) is 11.1 Å². The lowest BCUT2D eigenvalue weighted by atomic mass is 9.75. The van der Waals surface area contributed by atoms with E-state index in [0.717, 1.165) is 39.5 Å². The Kier molecular flexibility index (Phi) is 13.8. The fourth-order valence-electron chi connectivity index (χ4n) is 8.73. The van der Waals surface area contributed by atoms with Gasteiger partial charge in [-0.3, -0.25) is 9.59 Å². The van der Waals surface area contributed by atoms with Crippen LogP contribution in [0, 0.1) is 5.41 Å². The Morgan fingerprint density at radius 1 is 0.969 bits per heavy atom. The average Bonchev–Trinajstić information content (AvgIpc) is 3.62. The molecule has 0 N–H and O–H groups in total. The lowest BCUT2D eigenvalue weighted by Crippen LogP contribution is -2.46. The smallest absolute Gasteiger partial charge is 0.333 e. The maximum atomic E-state index is 12.8. The highest BCUT2D eigenvalue weighted by Crippen LogP contribution is 2.48. The number of benzene rings is 2. The summed E-state index contributed by atoms with van der Waals surface area (Å²) in [5.41, 5.74) is 4.99. The van der Waals surface area contributed by atoms with E-state index in [0.29, 0.717) is 35.2 Å². The van der Waals surface area contributed by atoms with Crippen molar-refractivity contribution in [2.24, 2.45) is 5.41 Å². The molecule has 4 aliphatic rings. The number of ether oxygens (including phenoxy) is 2. The van der Waals surface area contributed by atoms with E-state index in [9.17, 15) is 40.3 Å². The van der Waals surface area contributed by atoms with Crippen molar-refractivity contribution < 1.29 is 59.2 Å². The van der Waals surface area contributed by atoms with Gasteiger partial charge in [-0.15, -0.1) is 5.06 Å². The number of allylic oxidation sites excluding steroid dienone is 9. The first-order valence-electron chi connectivity index (χ1n) is 21.2. The van der Waals surface area contributed by atoms with Gasteiger partial charge in [0.15, 0.2) is 5.71 Å². The summed E-state index contributed by atoms with van der Waals surface area (Å²) in [7, 11) is -7.77. The molecule has 6 rings (SSSR count). The zero-order chi connectivity index (χ0) is 47.0. The molecule has 15 nitrogen and oxygen atoms in total. The number of anilines is 1. The maximum absolute atomic E-state index is 12.8. The molecule has 64 heavy (non-hydrogen) atoms. The van der Waals surface area contributed by atoms with E-state index in [2.05, 4.69) is 64.7 Å². The molecule has 17 heteroatoms. The van der Waals surface area contributed by atoms with Crippen LogP contribution in [-0.2, 0) is 49.6 Å². The first-order chi connectivity index (χ1) is 29.8. The minimum absolute atomic E-state index is 0.0532. The summed E-state index contributed by atoms with van der Waals surface area (Å²) in [4.78, 5) is 43.9. The molecule has 0 saturated carbocycles. The SMILES string of the molecule is COCCN1c2cc3c(cc2C(C)=CC1(C)C)C(=CC=CC=CC1=[N+](CCCS(=O)(=O)[O-])c2ccc(S(=O)(=O)[O-])cc2C1(C)CCCC(=O)ON1C(=O)CCC1=O)C=C(C(C)(C)C)O3. The summed E-state index contributed by atoms with van der Waals surface area (Å²) in [5.74, 6) is -1.19. The number of carbonyl (C=O) groups is 3. The Morgan fingerprint density at radius 3 is 2.31 bits per heavy atom. The number of carbonyl (C=O) groups excluding carboxylic acids is 3. The number of imide groups is 1. The first-order valence-corrected chi connectivity index (χ1v) is 24.2. The molecule has 4 heterocycles. The minimum atomic E-state index is -4.90. The third-order valence-corrected chi connectivity index (χ3v) is 13.6. The molecule has 0 aromatic heterocycles. The molecule has 0 radical (unpaired) electrons. The summed E-state index contributed by atoms with van der Waals surface area (Å²) < 4.78 is 85.6. The lowest BCUT2D eigenvalue weighted by Gasteiger charge is -2.44. The molecule has 1 atom stereocenters. The lowest BCUT2D eigenvalue weighted by molar-refractivity contribution is -0.437. The van der Waals surface area contributed by atoms with Crippen molar-refractivity contribution in [2.45, 2.75) is 103 Å². The van der Waals surface area contributed by atoms with Gasteiger partial charge in [0, 0.05) is 91.1 Å². The van der Waals surface area contributed by atoms with E-state index in [1.54, 1.807) is 23.8 Å². The van der Waals surface area contributed by atoms with Gasteiger partial charge in [0.25, 0.3) is 11.8 Å². The number of hydroxylamine groups is 2. The predicted octanol–water partition coefficient (Wildman–Crippen LogP) is 6.83. The molecular formula is C47H56N3O12S2-. The summed E-state index contributed by atoms with van der Waals surface area (Å²) in [6.45, 7) is 15.8. The van der Waals surface area contributed by atoms with Crippen LogP contribution in [0.5, 0.6) is 5.75 Å². The molecule has 0 aliphatic carbocycles. The second-order valence-electron chi connectivity index (χ2n) is 18.2. The first kappa shape index (κ1) is 48.3. The normalized spacial score (nSPS) is 20.5. The van der Waals surface area contributed by atoms with Gasteiger partial charge >= 0.3 is 5.97 Å². The van der Waals surface area contributed by atoms with Gasteiger partial charge in [-0.25, -0.2) is 21.6 Å². The van der Waals surface area contributed by atoms with E-state index in [4.69, 9.17) is 14.3 Å². The van der Waals surface area contributed by atoms with Crippen molar-refractivity contribution in [1.82, 2.24) is 5.06 Å². The minimum Gasteiger partial charge on any atom is -0.748 e. The molecule has 0 bridgehead atoms. The Hall–Kier alpha value is -5.20. The average molecular weight is 919 g/mol. The number of methoxy groups -OCH3 is 1. The van der Waals surface area contributed by atoms with Gasteiger partial charge < -0.3 is 28.3 Å². The van der Waals surface area contributed by atoms with E-state index >= 15 is 0 Å². The Bertz CT molecular complexity index is 2650. The molecule has 344 valence electrons. The van der Waals surface area contributed by atoms with Crippen molar-refractivity contribution in [3.63, 3.8) is 0 Å². The summed E-state index contributed by atoms with van der Waals surface area (Å²) in [5, 5.41) is 0.469. The molecular weight excluding hydrogens is 863 g/mol. The van der Waals surface area contributed by atoms with E-state index < -0.39 is 54.1 Å². The van der Waals surface area contributed by atoms with Crippen molar-refractivity contribution in [3.8, 4) is 5.75 Å². The van der Waals surface area contributed by atoms with Crippen LogP contribution in [0.3, 0.4) is 0 Å². The summed E-state index contributed by atoms with van der Waals surface area (Å²) in [6, 6.07) is 8.19. The topological polar surface area (TPSA) is 203 Å². The molecule has 4 aliphatic heterocycles. The van der Waals surface area contributed by atoms with Crippen LogP contribution in [0.4, 0.5) is 11.4 Å². The van der Waals surface area contributed by atoms with Gasteiger partial charge in [0.1, 0.15) is 28.2 Å². The Balaban J connectivity index is 1.37. The third kappa shape index (κ3) is 10.5. The van der Waals surface area contributed by atoms with Crippen LogP contribution in [0.15, 0.2) is 83.5 Å². The zero-order valence-electron chi connectivity index (χ0n) is 37.6. The van der Waals surface area contributed by atoms with E-state index in [1.807, 2.05) is 31.2 Å². The van der Waals surface area contributed by atoms with Crippen LogP contribution >= 0.6 is 0 Å². The molecule has 1 saturated heterocycles. The second kappa shape index (κ2) is 18.4. The summed E-state index contributed by atoms with van der Waals surface area (Å²) in [6.07, 6.45) is 13.5. The van der Waals surface area contributed by atoms with Crippen molar-refractivity contribution in [1.29, 1.82) is 0 Å². The number of rotatable bonds is 16. The number of hydrogen-bond donors (Lipinski definition) is 0. The molecule has 2 aromatic rings. The highest BCUT2D eigenvalue weighted by Gasteiger charge is 2.48. The fraction of sp³-hybridized carbons (Fsp3) is 0.447. The summed E-state index contributed by atoms with van der Waals surface area (Å²) >= 11 is 0. The zero-order valence-corrected chi connectivity index (χ0v) is 39.2. The van der Waals surface area contributed by atoms with Crippen LogP contribution in [0.1, 0.15) is 104 Å². The molecule has 1 fully saturated rings. The Morgan fingerprint density at radius 2 is 1.67 bits per heavy atom. The second-order valence-corrected chi connectivity index (χ2v) is 21.1. The van der Waals surface area contributed by atoms with Crippen LogP contribution < -0.4 is 9.64 Å². The highest BCUT2D eigenvalue weighted by molar-refractivity contribution is 7.86. The van der Waals surface area contributed by atoms with Gasteiger partial charge in [0.05, 0.1) is 32.6 Å². The number of fused-ring (bicyclic) bond motifs is 3. The molecule has 2 amide bonds. The van der Waals surface area contributed by atoms with Gasteiger partial charge in [-0.05, 0) is 76.0 Å². The van der Waals surface area contributed by atoms with Gasteiger partial charge in [-0.2, -0.15) is 4.58 Å². The largest absolute Gasteiger partial charge is 0.748 e. The maximum Gasteiger partial charge on any atom is 0.333 e. The van der Waals surface area contributed by atoms with Gasteiger partial charge in [-0.1, -0.05) is 51.2 Å². The monoisotopic (exact) mass is 918 g/mol. The van der Waals surface area contributed by atoms with Crippen LogP contribution in [0.2, 0.25) is 0 Å². The fourth-order valence-corrected chi connectivity index (χ4v) is 9.71. The number of hydrogen-bond acceptors (Lipinski definition) is 13. The number of nitrogens with zero attached hydrogens (tertiary/aromatic N) is 3. The standard InChI is InChI=1S/C47H57N3O12S2/c1-31-30-46(5,6)49(23-24-60-8)38-29-39-35(28-34(31)38)32(26-41(61-39)45(2,3)4)14-10-9-11-15-40-47(7,21-12-16-44(53)62-50-42(51)19-20-43(50)52)36-27-33(64(57,58)59)17-18-37(36)48(40)22-13-25-63(54,55)56/h9-11,14-15,17-18,26-30H,12-13,16,19-25H2,1-8H3,(H-,54,55,56,57,58,59)/p-1. The van der Waals surface area contributed by atoms with Crippen molar-refractivity contribution in [3.05, 3.63) is 95.3 Å². The van der Waals surface area contributed by atoms with Gasteiger partial charge in [0.2, 0.25) is 5.69 Å².